The second-order valence-electron chi connectivity index (χ2n) is 8.63. The molecule has 0 bridgehead atoms. The van der Waals surface area contributed by atoms with Gasteiger partial charge in [0.1, 0.15) is 28.9 Å². The van der Waals surface area contributed by atoms with Crippen molar-refractivity contribution in [3.8, 4) is 23.1 Å². The summed E-state index contributed by atoms with van der Waals surface area (Å²) in [6.07, 6.45) is 3.53. The first-order valence-corrected chi connectivity index (χ1v) is 10.9. The number of nitrogens with two attached hydrogens (primary N) is 1. The first-order chi connectivity index (χ1) is 15.6. The van der Waals surface area contributed by atoms with Crippen LogP contribution in [0.2, 0.25) is 0 Å². The fourth-order valence-corrected chi connectivity index (χ4v) is 4.81. The van der Waals surface area contributed by atoms with Crippen LogP contribution in [0, 0.1) is 23.2 Å². The molecule has 2 fully saturated rings. The van der Waals surface area contributed by atoms with Gasteiger partial charge in [-0.05, 0) is 48.8 Å². The Labute approximate surface area is 186 Å². The number of benzene rings is 2. The van der Waals surface area contributed by atoms with Crippen LogP contribution >= 0.6 is 0 Å². The molecule has 7 heteroatoms. The smallest absolute Gasteiger partial charge is 0.255 e. The minimum atomic E-state index is -0.195. The highest BCUT2D eigenvalue weighted by Crippen LogP contribution is 2.56. The lowest BCUT2D eigenvalue weighted by Gasteiger charge is -2.13. The lowest BCUT2D eigenvalue weighted by molar-refractivity contribution is 0.0948. The van der Waals surface area contributed by atoms with Crippen LogP contribution in [0.15, 0.2) is 48.5 Å². The number of methoxy groups -OCH3 is 1. The molecule has 3 aromatic rings. The number of hydrogen-bond acceptors (Lipinski definition) is 5. The Balaban J connectivity index is 1.31. The van der Waals surface area contributed by atoms with E-state index in [0.29, 0.717) is 41.0 Å². The van der Waals surface area contributed by atoms with Crippen molar-refractivity contribution in [2.24, 2.45) is 11.8 Å². The van der Waals surface area contributed by atoms with Gasteiger partial charge in [0.15, 0.2) is 0 Å². The molecular formula is C25H25N5O2. The maximum absolute atomic E-state index is 12.5. The standard InChI is InChI=1S/C25H25N5O2/c1-32-22-5-3-2-4-20(22)25(31)28-14-15-6-8-16(9-7-15)23-21(13-26)24(27)30(29-23)19-11-17-10-18(17)12-19/h2-9,17-19H,10-12,14,27H2,1H3,(H,28,31). The van der Waals surface area contributed by atoms with E-state index >= 15 is 0 Å². The highest BCUT2D eigenvalue weighted by molar-refractivity contribution is 5.96. The molecule has 1 heterocycles. The molecule has 1 aromatic heterocycles. The highest BCUT2D eigenvalue weighted by Gasteiger charge is 2.47. The molecule has 0 saturated heterocycles. The van der Waals surface area contributed by atoms with Crippen LogP contribution in [0.25, 0.3) is 11.3 Å². The molecule has 0 spiro atoms. The number of para-hydroxylation sites is 1. The number of fused-ring (bicyclic) bond motifs is 1. The monoisotopic (exact) mass is 427 g/mol. The van der Waals surface area contributed by atoms with Crippen LogP contribution in [0.4, 0.5) is 5.82 Å². The number of amides is 1. The van der Waals surface area contributed by atoms with Gasteiger partial charge in [-0.1, -0.05) is 36.4 Å². The van der Waals surface area contributed by atoms with Gasteiger partial charge in [0.25, 0.3) is 5.91 Å². The summed E-state index contributed by atoms with van der Waals surface area (Å²) in [4.78, 5) is 12.5. The number of anilines is 1. The minimum absolute atomic E-state index is 0.195. The lowest BCUT2D eigenvalue weighted by atomic mass is 10.1. The van der Waals surface area contributed by atoms with E-state index in [1.807, 2.05) is 35.0 Å². The molecule has 32 heavy (non-hydrogen) atoms. The third-order valence-electron chi connectivity index (χ3n) is 6.66. The number of carbonyl (C=O) groups is 1. The topological polar surface area (TPSA) is 106 Å². The number of aromatic nitrogens is 2. The summed E-state index contributed by atoms with van der Waals surface area (Å²) in [6.45, 7) is 0.379. The zero-order valence-electron chi connectivity index (χ0n) is 17.9. The largest absolute Gasteiger partial charge is 0.496 e. The van der Waals surface area contributed by atoms with Crippen LogP contribution in [-0.2, 0) is 6.54 Å². The maximum Gasteiger partial charge on any atom is 0.255 e. The number of ether oxygens (including phenoxy) is 1. The lowest BCUT2D eigenvalue weighted by Crippen LogP contribution is -2.23. The van der Waals surface area contributed by atoms with Crippen LogP contribution in [0.1, 0.15) is 46.8 Å². The van der Waals surface area contributed by atoms with E-state index in [0.717, 1.165) is 35.8 Å². The molecule has 2 aromatic carbocycles. The van der Waals surface area contributed by atoms with E-state index in [-0.39, 0.29) is 5.91 Å². The van der Waals surface area contributed by atoms with Crippen molar-refractivity contribution in [2.45, 2.75) is 31.8 Å². The van der Waals surface area contributed by atoms with Gasteiger partial charge in [-0.2, -0.15) is 10.4 Å². The van der Waals surface area contributed by atoms with Crippen molar-refractivity contribution in [1.82, 2.24) is 15.1 Å². The summed E-state index contributed by atoms with van der Waals surface area (Å²) in [5, 5.41) is 17.3. The molecular weight excluding hydrogens is 402 g/mol. The van der Waals surface area contributed by atoms with E-state index in [2.05, 4.69) is 11.4 Å². The van der Waals surface area contributed by atoms with Crippen molar-refractivity contribution in [3.63, 3.8) is 0 Å². The predicted molar refractivity (Wildman–Crippen MR) is 121 cm³/mol. The fourth-order valence-electron chi connectivity index (χ4n) is 4.81. The second kappa shape index (κ2) is 8.04. The fraction of sp³-hybridized carbons (Fsp3) is 0.320. The van der Waals surface area contributed by atoms with Gasteiger partial charge in [-0.25, -0.2) is 4.68 Å². The molecule has 2 aliphatic carbocycles. The number of nitriles is 1. The SMILES string of the molecule is COc1ccccc1C(=O)NCc1ccc(-c2nn(C3CC4CC4C3)c(N)c2C#N)cc1. The maximum atomic E-state index is 12.5. The van der Waals surface area contributed by atoms with E-state index in [1.165, 1.54) is 6.42 Å². The first kappa shape index (κ1) is 20.1. The Morgan fingerprint density at radius 3 is 2.59 bits per heavy atom. The van der Waals surface area contributed by atoms with Gasteiger partial charge in [0.05, 0.1) is 18.7 Å². The number of nitrogens with zero attached hydrogens (tertiary/aromatic N) is 3. The van der Waals surface area contributed by atoms with Gasteiger partial charge in [0.2, 0.25) is 0 Å². The van der Waals surface area contributed by atoms with Crippen LogP contribution in [0.5, 0.6) is 5.75 Å². The number of nitrogens with one attached hydrogen (secondary N) is 1. The van der Waals surface area contributed by atoms with E-state index in [4.69, 9.17) is 15.6 Å². The Hall–Kier alpha value is -3.79. The molecule has 2 aliphatic rings. The van der Waals surface area contributed by atoms with Crippen molar-refractivity contribution in [1.29, 1.82) is 5.26 Å². The van der Waals surface area contributed by atoms with Crippen molar-refractivity contribution in [2.75, 3.05) is 12.8 Å². The number of rotatable bonds is 6. The van der Waals surface area contributed by atoms with Crippen LogP contribution in [0.3, 0.4) is 0 Å². The predicted octanol–water partition coefficient (Wildman–Crippen LogP) is 3.91. The quantitative estimate of drug-likeness (QED) is 0.620. The van der Waals surface area contributed by atoms with Crippen molar-refractivity contribution >= 4 is 11.7 Å². The molecule has 162 valence electrons. The molecule has 2 saturated carbocycles. The van der Waals surface area contributed by atoms with Gasteiger partial charge in [-0.3, -0.25) is 4.79 Å². The van der Waals surface area contributed by atoms with E-state index in [9.17, 15) is 10.1 Å². The van der Waals surface area contributed by atoms with Gasteiger partial charge >= 0.3 is 0 Å². The molecule has 2 unspecified atom stereocenters. The summed E-state index contributed by atoms with van der Waals surface area (Å²) >= 11 is 0. The Morgan fingerprint density at radius 1 is 1.19 bits per heavy atom. The average molecular weight is 428 g/mol. The highest BCUT2D eigenvalue weighted by atomic mass is 16.5. The molecule has 5 rings (SSSR count). The number of carbonyl (C=O) groups excluding carboxylic acids is 1. The molecule has 7 nitrogen and oxygen atoms in total. The summed E-state index contributed by atoms with van der Waals surface area (Å²) in [6, 6.07) is 17.4. The minimum Gasteiger partial charge on any atom is -0.496 e. The van der Waals surface area contributed by atoms with Crippen molar-refractivity contribution < 1.29 is 9.53 Å². The van der Waals surface area contributed by atoms with Gasteiger partial charge in [-0.15, -0.1) is 0 Å². The summed E-state index contributed by atoms with van der Waals surface area (Å²) in [5.41, 5.74) is 9.64. The van der Waals surface area contributed by atoms with Crippen molar-refractivity contribution in [3.05, 3.63) is 65.2 Å². The van der Waals surface area contributed by atoms with Gasteiger partial charge < -0.3 is 15.8 Å². The third-order valence-corrected chi connectivity index (χ3v) is 6.66. The molecule has 1 amide bonds. The van der Waals surface area contributed by atoms with E-state index < -0.39 is 0 Å². The summed E-state index contributed by atoms with van der Waals surface area (Å²) in [7, 11) is 1.55. The number of hydrogen-bond donors (Lipinski definition) is 2. The zero-order chi connectivity index (χ0) is 22.2. The average Bonchev–Trinajstić information content (AvgIpc) is 3.29. The molecule has 0 aliphatic heterocycles. The van der Waals surface area contributed by atoms with E-state index in [1.54, 1.807) is 25.3 Å². The third kappa shape index (κ3) is 3.58. The van der Waals surface area contributed by atoms with Crippen LogP contribution in [-0.4, -0.2) is 22.8 Å². The Kier molecular flexibility index (Phi) is 5.06. The molecule has 3 N–H and O–H groups in total. The molecule has 0 radical (unpaired) electrons. The summed E-state index contributed by atoms with van der Waals surface area (Å²) in [5.74, 6) is 2.42. The Morgan fingerprint density at radius 2 is 1.91 bits per heavy atom. The first-order valence-electron chi connectivity index (χ1n) is 10.9. The Bertz CT molecular complexity index is 1200. The normalized spacial score (nSPS) is 20.9. The van der Waals surface area contributed by atoms with Crippen LogP contribution < -0.4 is 15.8 Å². The molecule has 2 atom stereocenters. The summed E-state index contributed by atoms with van der Waals surface area (Å²) < 4.78 is 7.12. The second-order valence-corrected chi connectivity index (χ2v) is 8.63. The van der Waals surface area contributed by atoms with Gasteiger partial charge in [0, 0.05) is 12.1 Å². The zero-order valence-corrected chi connectivity index (χ0v) is 17.9. The number of nitrogen functional groups attached to an aromatic ring is 1.